The van der Waals surface area contributed by atoms with Crippen LogP contribution in [0.4, 0.5) is 5.69 Å². The zero-order valence-electron chi connectivity index (χ0n) is 17.9. The number of hydrogen-bond acceptors (Lipinski definition) is 6. The topological polar surface area (TPSA) is 113 Å². The van der Waals surface area contributed by atoms with Crippen molar-refractivity contribution in [3.8, 4) is 10.4 Å². The fourth-order valence-corrected chi connectivity index (χ4v) is 7.50. The molecule has 0 spiro atoms. The minimum Gasteiger partial charge on any atom is -0.326 e. The maximum atomic E-state index is 13.1. The summed E-state index contributed by atoms with van der Waals surface area (Å²) in [5.41, 5.74) is 2.56. The van der Waals surface area contributed by atoms with Gasteiger partial charge in [-0.1, -0.05) is 39.3 Å². The number of thiophene rings is 1. The molecule has 0 aliphatic carbocycles. The number of amides is 2. The van der Waals surface area contributed by atoms with Crippen molar-refractivity contribution in [2.45, 2.75) is 51.2 Å². The Bertz CT molecular complexity index is 1090. The van der Waals surface area contributed by atoms with Crippen LogP contribution in [0.25, 0.3) is 10.4 Å². The molecule has 2 amide bonds. The van der Waals surface area contributed by atoms with Crippen LogP contribution < -0.4 is 10.8 Å². The monoisotopic (exact) mass is 464 g/mol. The molecular weight excluding hydrogens is 436 g/mol. The quantitative estimate of drug-likeness (QED) is 0.456. The van der Waals surface area contributed by atoms with E-state index in [1.807, 2.05) is 45.0 Å². The third kappa shape index (κ3) is 4.83. The van der Waals surface area contributed by atoms with E-state index in [4.69, 9.17) is 5.21 Å². The molecular formula is C22H28N2O5S2. The SMILES string of the molecule is CC(C)(C)C(=O)Nc1cccc(-c2ccc([C@@]3(CC(=O)NO)CCCCS3(=O)=O)s2)c1. The Hall–Kier alpha value is -2.23. The van der Waals surface area contributed by atoms with Gasteiger partial charge in [-0.15, -0.1) is 11.3 Å². The predicted octanol–water partition coefficient (Wildman–Crippen LogP) is 4.09. The molecule has 7 nitrogen and oxygen atoms in total. The second-order valence-electron chi connectivity index (χ2n) is 8.93. The summed E-state index contributed by atoms with van der Waals surface area (Å²) in [5, 5.41) is 11.9. The molecule has 0 radical (unpaired) electrons. The van der Waals surface area contributed by atoms with Crippen molar-refractivity contribution >= 4 is 38.7 Å². The van der Waals surface area contributed by atoms with Gasteiger partial charge >= 0.3 is 0 Å². The smallest absolute Gasteiger partial charge is 0.245 e. The highest BCUT2D eigenvalue weighted by molar-refractivity contribution is 7.92. The molecule has 2 aromatic rings. The molecule has 9 heteroatoms. The number of benzene rings is 1. The standard InChI is InChI=1S/C22H28N2O5S2/c1-21(2,3)20(26)23-16-8-6-7-15(13-16)17-9-10-18(30-17)22(14-19(25)24-27)11-4-5-12-31(22,28)29/h6-10,13,27H,4-5,11-12,14H2,1-3H3,(H,23,26)(H,24,25)/t22-/m0/s1. The van der Waals surface area contributed by atoms with Crippen molar-refractivity contribution in [1.82, 2.24) is 5.48 Å². The molecule has 0 unspecified atom stereocenters. The largest absolute Gasteiger partial charge is 0.326 e. The summed E-state index contributed by atoms with van der Waals surface area (Å²) in [5.74, 6) is -0.793. The van der Waals surface area contributed by atoms with E-state index < -0.39 is 25.9 Å². The maximum Gasteiger partial charge on any atom is 0.245 e. The van der Waals surface area contributed by atoms with Crippen LogP contribution in [0.1, 0.15) is 51.3 Å². The highest BCUT2D eigenvalue weighted by atomic mass is 32.2. The summed E-state index contributed by atoms with van der Waals surface area (Å²) in [6.45, 7) is 5.51. The van der Waals surface area contributed by atoms with E-state index in [-0.39, 0.29) is 18.1 Å². The van der Waals surface area contributed by atoms with Gasteiger partial charge in [0.2, 0.25) is 11.8 Å². The average molecular weight is 465 g/mol. The van der Waals surface area contributed by atoms with Gasteiger partial charge in [0.15, 0.2) is 9.84 Å². The molecule has 3 rings (SSSR count). The summed E-state index contributed by atoms with van der Waals surface area (Å²) in [6.07, 6.45) is 1.29. The normalized spacial score (nSPS) is 20.8. The van der Waals surface area contributed by atoms with Crippen LogP contribution in [0.3, 0.4) is 0 Å². The number of hydrogen-bond donors (Lipinski definition) is 3. The first-order valence-corrected chi connectivity index (χ1v) is 12.6. The van der Waals surface area contributed by atoms with Gasteiger partial charge in [-0.3, -0.25) is 14.8 Å². The second kappa shape index (κ2) is 8.72. The summed E-state index contributed by atoms with van der Waals surface area (Å²) in [7, 11) is -3.57. The lowest BCUT2D eigenvalue weighted by Crippen LogP contribution is -2.43. The Balaban J connectivity index is 1.97. The molecule has 0 saturated carbocycles. The van der Waals surface area contributed by atoms with Crippen LogP contribution in [0.2, 0.25) is 0 Å². The minimum atomic E-state index is -3.57. The van der Waals surface area contributed by atoms with Crippen molar-refractivity contribution < 1.29 is 23.2 Å². The number of anilines is 1. The lowest BCUT2D eigenvalue weighted by atomic mass is 9.94. The highest BCUT2D eigenvalue weighted by Gasteiger charge is 2.49. The van der Waals surface area contributed by atoms with Gasteiger partial charge < -0.3 is 5.32 Å². The first kappa shape index (κ1) is 23.4. The second-order valence-corrected chi connectivity index (χ2v) is 12.4. The molecule has 1 aromatic heterocycles. The van der Waals surface area contributed by atoms with Crippen molar-refractivity contribution in [1.29, 1.82) is 0 Å². The number of sulfone groups is 1. The fourth-order valence-electron chi connectivity index (χ4n) is 3.72. The Labute approximate surface area is 186 Å². The van der Waals surface area contributed by atoms with E-state index in [0.717, 1.165) is 10.4 Å². The van der Waals surface area contributed by atoms with Crippen molar-refractivity contribution in [2.24, 2.45) is 5.41 Å². The molecule has 1 aliphatic heterocycles. The Kier molecular flexibility index (Phi) is 6.59. The van der Waals surface area contributed by atoms with Crippen LogP contribution in [-0.4, -0.2) is 31.2 Å². The number of hydroxylamine groups is 1. The Morgan fingerprint density at radius 1 is 1.16 bits per heavy atom. The van der Waals surface area contributed by atoms with Crippen LogP contribution in [-0.2, 0) is 24.2 Å². The zero-order valence-corrected chi connectivity index (χ0v) is 19.5. The third-order valence-corrected chi connectivity index (χ3v) is 9.60. The number of rotatable bonds is 5. The molecule has 1 atom stereocenters. The number of carbonyl (C=O) groups excluding carboxylic acids is 2. The summed E-state index contributed by atoms with van der Waals surface area (Å²) >= 11 is 1.33. The van der Waals surface area contributed by atoms with Crippen molar-refractivity contribution in [3.63, 3.8) is 0 Å². The van der Waals surface area contributed by atoms with Crippen LogP contribution in [0.15, 0.2) is 36.4 Å². The van der Waals surface area contributed by atoms with Crippen molar-refractivity contribution in [3.05, 3.63) is 41.3 Å². The van der Waals surface area contributed by atoms with E-state index in [1.54, 1.807) is 17.6 Å². The molecule has 1 fully saturated rings. The van der Waals surface area contributed by atoms with Gasteiger partial charge in [-0.2, -0.15) is 0 Å². The van der Waals surface area contributed by atoms with Gasteiger partial charge in [0, 0.05) is 20.9 Å². The molecule has 1 aromatic carbocycles. The third-order valence-electron chi connectivity index (χ3n) is 5.55. The molecule has 31 heavy (non-hydrogen) atoms. The van der Waals surface area contributed by atoms with Gasteiger partial charge in [0.25, 0.3) is 0 Å². The first-order chi connectivity index (χ1) is 14.5. The molecule has 2 heterocycles. The maximum absolute atomic E-state index is 13.1. The van der Waals surface area contributed by atoms with Crippen LogP contribution >= 0.6 is 11.3 Å². The Morgan fingerprint density at radius 2 is 1.90 bits per heavy atom. The van der Waals surface area contributed by atoms with Crippen LogP contribution in [0.5, 0.6) is 0 Å². The molecule has 1 aliphatic rings. The summed E-state index contributed by atoms with van der Waals surface area (Å²) in [4.78, 5) is 25.7. The van der Waals surface area contributed by atoms with Gasteiger partial charge in [-0.05, 0) is 42.7 Å². The van der Waals surface area contributed by atoms with Gasteiger partial charge in [-0.25, -0.2) is 13.9 Å². The van der Waals surface area contributed by atoms with Gasteiger partial charge in [0.05, 0.1) is 12.2 Å². The molecule has 3 N–H and O–H groups in total. The van der Waals surface area contributed by atoms with E-state index in [0.29, 0.717) is 29.8 Å². The van der Waals surface area contributed by atoms with Gasteiger partial charge in [0.1, 0.15) is 4.75 Å². The average Bonchev–Trinajstić information content (AvgIpc) is 3.19. The number of carbonyl (C=O) groups is 2. The number of nitrogens with one attached hydrogen (secondary N) is 2. The van der Waals surface area contributed by atoms with Crippen molar-refractivity contribution in [2.75, 3.05) is 11.1 Å². The zero-order chi connectivity index (χ0) is 22.9. The highest BCUT2D eigenvalue weighted by Crippen LogP contribution is 2.47. The Morgan fingerprint density at radius 3 is 2.55 bits per heavy atom. The molecule has 168 valence electrons. The van der Waals surface area contributed by atoms with Crippen LogP contribution in [0, 0.1) is 5.41 Å². The molecule has 0 bridgehead atoms. The lowest BCUT2D eigenvalue weighted by molar-refractivity contribution is -0.130. The lowest BCUT2D eigenvalue weighted by Gasteiger charge is -2.35. The van der Waals surface area contributed by atoms with E-state index in [2.05, 4.69) is 5.32 Å². The first-order valence-electron chi connectivity index (χ1n) is 10.2. The van der Waals surface area contributed by atoms with E-state index in [9.17, 15) is 18.0 Å². The van der Waals surface area contributed by atoms with E-state index >= 15 is 0 Å². The summed E-state index contributed by atoms with van der Waals surface area (Å²) in [6, 6.07) is 11.0. The summed E-state index contributed by atoms with van der Waals surface area (Å²) < 4.78 is 24.8. The minimum absolute atomic E-state index is 0.0211. The fraction of sp³-hybridized carbons (Fsp3) is 0.455. The predicted molar refractivity (Wildman–Crippen MR) is 122 cm³/mol. The van der Waals surface area contributed by atoms with E-state index in [1.165, 1.54) is 11.3 Å². The molecule has 1 saturated heterocycles.